The highest BCUT2D eigenvalue weighted by Crippen LogP contribution is 2.30. The van der Waals surface area contributed by atoms with E-state index in [1.54, 1.807) is 12.1 Å². The van der Waals surface area contributed by atoms with Gasteiger partial charge in [0.05, 0.1) is 0 Å². The van der Waals surface area contributed by atoms with Crippen LogP contribution in [0.5, 0.6) is 5.75 Å². The molecule has 0 radical (unpaired) electrons. The average Bonchev–Trinajstić information content (AvgIpc) is 2.76. The third kappa shape index (κ3) is 5.22. The minimum atomic E-state index is -3.11. The lowest BCUT2D eigenvalue weighted by molar-refractivity contribution is 0.198. The van der Waals surface area contributed by atoms with Gasteiger partial charge < -0.3 is 9.47 Å². The highest BCUT2D eigenvalue weighted by atomic mass is 19.3. The first-order valence-corrected chi connectivity index (χ1v) is 8.92. The smallest absolute Gasteiger partial charge is 0.312 e. The van der Waals surface area contributed by atoms with Crippen LogP contribution in [0.25, 0.3) is 11.3 Å². The second-order valence-corrected chi connectivity index (χ2v) is 6.15. The van der Waals surface area contributed by atoms with E-state index in [0.29, 0.717) is 17.0 Å². The predicted octanol–water partition coefficient (Wildman–Crippen LogP) is 5.10. The molecule has 154 valence electrons. The molecular formula is C22H18F3N3O2. The van der Waals surface area contributed by atoms with Gasteiger partial charge in [-0.25, -0.2) is 4.39 Å². The van der Waals surface area contributed by atoms with Crippen molar-refractivity contribution >= 4 is 11.8 Å². The van der Waals surface area contributed by atoms with Crippen LogP contribution in [0.1, 0.15) is 11.1 Å². The molecule has 0 amide bonds. The standard InChI is InChI=1S/C22H18F3N3O2/c1-27-22(30-21(26)20(24)25)16-10-15(11-17(23)12-16)19-18(8-5-9-28-19)29-13-14-6-3-2-4-7-14/h2-12,20,26H,13H2,1H3/b26-21?,27-22-. The van der Waals surface area contributed by atoms with Crippen LogP contribution >= 0.6 is 0 Å². The molecule has 1 heterocycles. The number of hydrogen-bond acceptors (Lipinski definition) is 5. The fraction of sp³-hybridized carbons (Fsp3) is 0.136. The maximum Gasteiger partial charge on any atom is 0.312 e. The molecule has 2 aromatic carbocycles. The summed E-state index contributed by atoms with van der Waals surface area (Å²) >= 11 is 0. The number of halogens is 3. The Balaban J connectivity index is 1.92. The predicted molar refractivity (Wildman–Crippen MR) is 108 cm³/mol. The first-order valence-electron chi connectivity index (χ1n) is 8.92. The van der Waals surface area contributed by atoms with Gasteiger partial charge in [0.2, 0.25) is 5.90 Å². The van der Waals surface area contributed by atoms with Crippen molar-refractivity contribution in [2.24, 2.45) is 4.99 Å². The quantitative estimate of drug-likeness (QED) is 0.452. The summed E-state index contributed by atoms with van der Waals surface area (Å²) in [4.78, 5) is 8.04. The van der Waals surface area contributed by atoms with Crippen LogP contribution in [-0.2, 0) is 11.3 Å². The number of nitrogens with zero attached hydrogens (tertiary/aromatic N) is 2. The molecule has 0 aliphatic rings. The van der Waals surface area contributed by atoms with Gasteiger partial charge in [0, 0.05) is 24.4 Å². The minimum Gasteiger partial charge on any atom is -0.487 e. The normalized spacial score (nSPS) is 11.4. The van der Waals surface area contributed by atoms with Crippen LogP contribution < -0.4 is 4.74 Å². The van der Waals surface area contributed by atoms with E-state index in [9.17, 15) is 13.2 Å². The highest BCUT2D eigenvalue weighted by Gasteiger charge is 2.19. The van der Waals surface area contributed by atoms with Crippen molar-refractivity contribution in [3.05, 3.63) is 83.8 Å². The molecule has 0 spiro atoms. The molecule has 0 bridgehead atoms. The molecule has 3 aromatic rings. The van der Waals surface area contributed by atoms with Gasteiger partial charge in [-0.1, -0.05) is 30.3 Å². The summed E-state index contributed by atoms with van der Waals surface area (Å²) in [6.45, 7) is 0.290. The largest absolute Gasteiger partial charge is 0.487 e. The maximum atomic E-state index is 14.3. The summed E-state index contributed by atoms with van der Waals surface area (Å²) in [5.74, 6) is -1.79. The fourth-order valence-corrected chi connectivity index (χ4v) is 2.69. The van der Waals surface area contributed by atoms with Gasteiger partial charge in [-0.05, 0) is 35.9 Å². The van der Waals surface area contributed by atoms with Crippen LogP contribution in [0.2, 0.25) is 0 Å². The van der Waals surface area contributed by atoms with Gasteiger partial charge in [0.1, 0.15) is 23.9 Å². The molecule has 0 aliphatic heterocycles. The van der Waals surface area contributed by atoms with Crippen molar-refractivity contribution < 1.29 is 22.6 Å². The topological polar surface area (TPSA) is 67.6 Å². The van der Waals surface area contributed by atoms with Crippen molar-refractivity contribution in [2.75, 3.05) is 7.05 Å². The number of nitrogens with one attached hydrogen (secondary N) is 1. The Bertz CT molecular complexity index is 1060. The number of rotatable bonds is 6. The van der Waals surface area contributed by atoms with E-state index in [4.69, 9.17) is 14.9 Å². The number of ether oxygens (including phenoxy) is 2. The lowest BCUT2D eigenvalue weighted by Gasteiger charge is -2.13. The molecule has 1 aromatic heterocycles. The lowest BCUT2D eigenvalue weighted by atomic mass is 10.1. The number of aliphatic imine (C=N–C) groups is 1. The van der Waals surface area contributed by atoms with Gasteiger partial charge in [-0.3, -0.25) is 15.4 Å². The number of aromatic nitrogens is 1. The fourth-order valence-electron chi connectivity index (χ4n) is 2.69. The molecule has 0 aliphatic carbocycles. The summed E-state index contributed by atoms with van der Waals surface area (Å²) in [6.07, 6.45) is -1.57. The van der Waals surface area contributed by atoms with Gasteiger partial charge >= 0.3 is 6.43 Å². The number of benzene rings is 2. The molecule has 0 saturated heterocycles. The van der Waals surface area contributed by atoms with E-state index in [0.717, 1.165) is 11.6 Å². The molecule has 5 nitrogen and oxygen atoms in total. The zero-order valence-corrected chi connectivity index (χ0v) is 16.0. The van der Waals surface area contributed by atoms with Crippen molar-refractivity contribution in [2.45, 2.75) is 13.0 Å². The summed E-state index contributed by atoms with van der Waals surface area (Å²) in [5.41, 5.74) is 1.76. The first kappa shape index (κ1) is 21.0. The van der Waals surface area contributed by atoms with E-state index < -0.39 is 18.1 Å². The van der Waals surface area contributed by atoms with Gasteiger partial charge in [-0.15, -0.1) is 0 Å². The summed E-state index contributed by atoms with van der Waals surface area (Å²) in [6, 6.07) is 16.7. The first-order chi connectivity index (χ1) is 14.5. The summed E-state index contributed by atoms with van der Waals surface area (Å²) in [7, 11) is 1.30. The Morgan fingerprint density at radius 3 is 2.57 bits per heavy atom. The van der Waals surface area contributed by atoms with E-state index >= 15 is 0 Å². The Morgan fingerprint density at radius 2 is 1.87 bits per heavy atom. The minimum absolute atomic E-state index is 0.0950. The van der Waals surface area contributed by atoms with Crippen molar-refractivity contribution in [3.8, 4) is 17.0 Å². The maximum absolute atomic E-state index is 14.3. The molecule has 0 atom stereocenters. The Hall–Kier alpha value is -3.68. The molecule has 0 fully saturated rings. The highest BCUT2D eigenvalue weighted by molar-refractivity contribution is 6.02. The second-order valence-electron chi connectivity index (χ2n) is 6.15. The number of pyridine rings is 1. The van der Waals surface area contributed by atoms with E-state index in [-0.39, 0.29) is 18.1 Å². The zero-order chi connectivity index (χ0) is 21.5. The summed E-state index contributed by atoms with van der Waals surface area (Å²) in [5, 5.41) is 7.19. The van der Waals surface area contributed by atoms with Crippen LogP contribution in [0.3, 0.4) is 0 Å². The van der Waals surface area contributed by atoms with Crippen LogP contribution in [0, 0.1) is 11.2 Å². The third-order valence-electron chi connectivity index (χ3n) is 4.03. The monoisotopic (exact) mass is 413 g/mol. The van der Waals surface area contributed by atoms with Crippen LogP contribution in [0.4, 0.5) is 13.2 Å². The van der Waals surface area contributed by atoms with Crippen LogP contribution in [-0.4, -0.2) is 30.3 Å². The third-order valence-corrected chi connectivity index (χ3v) is 4.03. The number of alkyl halides is 2. The average molecular weight is 413 g/mol. The summed E-state index contributed by atoms with van der Waals surface area (Å²) < 4.78 is 50.2. The molecule has 8 heteroatoms. The van der Waals surface area contributed by atoms with E-state index in [2.05, 4.69) is 9.98 Å². The van der Waals surface area contributed by atoms with Crippen molar-refractivity contribution in [3.63, 3.8) is 0 Å². The molecule has 30 heavy (non-hydrogen) atoms. The van der Waals surface area contributed by atoms with Gasteiger partial charge in [-0.2, -0.15) is 8.78 Å². The number of hydrogen-bond donors (Lipinski definition) is 1. The second kappa shape index (κ2) is 9.69. The molecule has 3 rings (SSSR count). The molecule has 0 unspecified atom stereocenters. The van der Waals surface area contributed by atoms with Gasteiger partial charge in [0.25, 0.3) is 5.90 Å². The molecular weight excluding hydrogens is 395 g/mol. The van der Waals surface area contributed by atoms with Crippen molar-refractivity contribution in [1.29, 1.82) is 5.41 Å². The lowest BCUT2D eigenvalue weighted by Crippen LogP contribution is -2.19. The van der Waals surface area contributed by atoms with E-state index in [1.165, 1.54) is 25.4 Å². The van der Waals surface area contributed by atoms with Crippen LogP contribution in [0.15, 0.2) is 71.9 Å². The SMILES string of the molecule is C/N=C(\OC(=N)C(F)F)c1cc(F)cc(-c2ncccc2OCc2ccccc2)c1. The Kier molecular flexibility index (Phi) is 6.79. The van der Waals surface area contributed by atoms with Gasteiger partial charge in [0.15, 0.2) is 0 Å². The van der Waals surface area contributed by atoms with Crippen molar-refractivity contribution in [1.82, 2.24) is 4.98 Å². The molecule has 0 saturated carbocycles. The Morgan fingerprint density at radius 1 is 1.10 bits per heavy atom. The van der Waals surface area contributed by atoms with E-state index in [1.807, 2.05) is 30.3 Å². The Labute approximate surface area is 171 Å². The zero-order valence-electron chi connectivity index (χ0n) is 16.0. The molecule has 1 N–H and O–H groups in total.